The lowest BCUT2D eigenvalue weighted by Crippen LogP contribution is -2.21. The fourth-order valence-electron chi connectivity index (χ4n) is 2.78. The summed E-state index contributed by atoms with van der Waals surface area (Å²) < 4.78 is 16.5. The maximum absolute atomic E-state index is 5.81. The van der Waals surface area contributed by atoms with Crippen LogP contribution < -0.4 is 19.5 Å². The van der Waals surface area contributed by atoms with Gasteiger partial charge in [-0.05, 0) is 47.5 Å². The summed E-state index contributed by atoms with van der Waals surface area (Å²) in [6.45, 7) is 1.46. The van der Waals surface area contributed by atoms with Crippen LogP contribution >= 0.6 is 12.2 Å². The highest BCUT2D eigenvalue weighted by Gasteiger charge is 2.13. The first-order chi connectivity index (χ1) is 13.3. The van der Waals surface area contributed by atoms with Crippen molar-refractivity contribution in [2.75, 3.05) is 6.79 Å². The van der Waals surface area contributed by atoms with E-state index in [4.69, 9.17) is 26.4 Å². The molecular weight excluding hydrogens is 358 g/mol. The zero-order valence-electron chi connectivity index (χ0n) is 14.7. The van der Waals surface area contributed by atoms with Crippen molar-refractivity contribution in [1.82, 2.24) is 5.32 Å². The molecule has 1 heterocycles. The van der Waals surface area contributed by atoms with Crippen LogP contribution in [0, 0.1) is 0 Å². The van der Waals surface area contributed by atoms with E-state index in [1.165, 1.54) is 0 Å². The Labute approximate surface area is 163 Å². The van der Waals surface area contributed by atoms with Crippen molar-refractivity contribution in [3.63, 3.8) is 0 Å². The SMILES string of the molecule is S=C(NCc1ccc2c(c1)OCO2)c1ccc(OCc2ccccc2)cc1. The molecule has 1 aliphatic heterocycles. The number of rotatable bonds is 6. The molecule has 0 radical (unpaired) electrons. The summed E-state index contributed by atoms with van der Waals surface area (Å²) in [6, 6.07) is 23.8. The Balaban J connectivity index is 1.31. The Kier molecular flexibility index (Phi) is 5.21. The van der Waals surface area contributed by atoms with Gasteiger partial charge in [-0.2, -0.15) is 0 Å². The van der Waals surface area contributed by atoms with E-state index < -0.39 is 0 Å². The molecule has 0 fully saturated rings. The van der Waals surface area contributed by atoms with Crippen LogP contribution in [0.25, 0.3) is 0 Å². The number of hydrogen-bond donors (Lipinski definition) is 1. The Bertz CT molecular complexity index is 926. The number of ether oxygens (including phenoxy) is 3. The van der Waals surface area contributed by atoms with Gasteiger partial charge in [-0.25, -0.2) is 0 Å². The molecule has 5 heteroatoms. The molecule has 0 atom stereocenters. The fourth-order valence-corrected chi connectivity index (χ4v) is 2.99. The molecule has 0 saturated carbocycles. The molecule has 1 N–H and O–H groups in total. The minimum absolute atomic E-state index is 0.281. The van der Waals surface area contributed by atoms with Crippen LogP contribution in [0.3, 0.4) is 0 Å². The van der Waals surface area contributed by atoms with Gasteiger partial charge >= 0.3 is 0 Å². The van der Waals surface area contributed by atoms with E-state index in [2.05, 4.69) is 5.32 Å². The van der Waals surface area contributed by atoms with Gasteiger partial charge < -0.3 is 19.5 Å². The zero-order valence-corrected chi connectivity index (χ0v) is 15.5. The van der Waals surface area contributed by atoms with Gasteiger partial charge in [0.1, 0.15) is 17.3 Å². The number of benzene rings is 3. The summed E-state index contributed by atoms with van der Waals surface area (Å²) in [5.41, 5.74) is 3.18. The molecule has 0 amide bonds. The van der Waals surface area contributed by atoms with Crippen LogP contribution in [-0.4, -0.2) is 11.8 Å². The van der Waals surface area contributed by atoms with E-state index in [1.54, 1.807) is 0 Å². The van der Waals surface area contributed by atoms with Crippen LogP contribution in [0.4, 0.5) is 0 Å². The van der Waals surface area contributed by atoms with Crippen LogP contribution in [-0.2, 0) is 13.2 Å². The van der Waals surface area contributed by atoms with E-state index in [0.29, 0.717) is 18.1 Å². The maximum Gasteiger partial charge on any atom is 0.231 e. The van der Waals surface area contributed by atoms with Gasteiger partial charge in [0.15, 0.2) is 11.5 Å². The van der Waals surface area contributed by atoms with Crippen molar-refractivity contribution in [1.29, 1.82) is 0 Å². The lowest BCUT2D eigenvalue weighted by atomic mass is 10.2. The van der Waals surface area contributed by atoms with Gasteiger partial charge in [-0.1, -0.05) is 48.6 Å². The maximum atomic E-state index is 5.81. The van der Waals surface area contributed by atoms with Gasteiger partial charge in [-0.3, -0.25) is 0 Å². The number of thiocarbonyl (C=S) groups is 1. The third kappa shape index (κ3) is 4.38. The number of nitrogens with one attached hydrogen (secondary N) is 1. The number of hydrogen-bond acceptors (Lipinski definition) is 4. The summed E-state index contributed by atoms with van der Waals surface area (Å²) in [6.07, 6.45) is 0. The Morgan fingerprint density at radius 2 is 1.67 bits per heavy atom. The second-order valence-electron chi connectivity index (χ2n) is 6.17. The van der Waals surface area contributed by atoms with Gasteiger partial charge in [0, 0.05) is 12.1 Å². The van der Waals surface area contributed by atoms with Gasteiger partial charge in [-0.15, -0.1) is 0 Å². The van der Waals surface area contributed by atoms with Crippen molar-refractivity contribution in [2.24, 2.45) is 0 Å². The zero-order chi connectivity index (χ0) is 18.5. The second-order valence-corrected chi connectivity index (χ2v) is 6.58. The molecule has 0 spiro atoms. The predicted octanol–water partition coefficient (Wildman–Crippen LogP) is 4.46. The minimum Gasteiger partial charge on any atom is -0.489 e. The Morgan fingerprint density at radius 1 is 0.889 bits per heavy atom. The predicted molar refractivity (Wildman–Crippen MR) is 108 cm³/mol. The van der Waals surface area contributed by atoms with Crippen LogP contribution in [0.15, 0.2) is 72.8 Å². The van der Waals surface area contributed by atoms with Gasteiger partial charge in [0.2, 0.25) is 6.79 Å². The average Bonchev–Trinajstić information content (AvgIpc) is 3.19. The molecule has 0 unspecified atom stereocenters. The van der Waals surface area contributed by atoms with Crippen molar-refractivity contribution in [3.05, 3.63) is 89.5 Å². The second kappa shape index (κ2) is 8.10. The Morgan fingerprint density at radius 3 is 2.48 bits per heavy atom. The topological polar surface area (TPSA) is 39.7 Å². The first kappa shape index (κ1) is 17.4. The molecule has 27 heavy (non-hydrogen) atoms. The summed E-state index contributed by atoms with van der Waals surface area (Å²) >= 11 is 5.50. The highest BCUT2D eigenvalue weighted by molar-refractivity contribution is 7.80. The molecule has 136 valence electrons. The molecule has 0 saturated heterocycles. The van der Waals surface area contributed by atoms with E-state index >= 15 is 0 Å². The molecule has 0 aliphatic carbocycles. The van der Waals surface area contributed by atoms with E-state index in [1.807, 2.05) is 72.8 Å². The lowest BCUT2D eigenvalue weighted by Gasteiger charge is -2.10. The smallest absolute Gasteiger partial charge is 0.231 e. The van der Waals surface area contributed by atoms with Crippen LogP contribution in [0.2, 0.25) is 0 Å². The molecule has 4 nitrogen and oxygen atoms in total. The third-order valence-electron chi connectivity index (χ3n) is 4.25. The highest BCUT2D eigenvalue weighted by Crippen LogP contribution is 2.32. The van der Waals surface area contributed by atoms with Crippen molar-refractivity contribution in [2.45, 2.75) is 13.2 Å². The molecule has 4 rings (SSSR count). The average molecular weight is 377 g/mol. The largest absolute Gasteiger partial charge is 0.489 e. The normalized spacial score (nSPS) is 11.9. The van der Waals surface area contributed by atoms with E-state index in [9.17, 15) is 0 Å². The molecule has 3 aromatic rings. The molecular formula is C22H19NO3S. The van der Waals surface area contributed by atoms with E-state index in [-0.39, 0.29) is 6.79 Å². The number of fused-ring (bicyclic) bond motifs is 1. The van der Waals surface area contributed by atoms with E-state index in [0.717, 1.165) is 33.9 Å². The van der Waals surface area contributed by atoms with Gasteiger partial charge in [0.25, 0.3) is 0 Å². The quantitative estimate of drug-likeness (QED) is 0.642. The Hall–Kier alpha value is -3.05. The molecule has 0 aromatic heterocycles. The minimum atomic E-state index is 0.281. The molecule has 1 aliphatic rings. The molecule has 3 aromatic carbocycles. The lowest BCUT2D eigenvalue weighted by molar-refractivity contribution is 0.174. The molecule has 0 bridgehead atoms. The monoisotopic (exact) mass is 377 g/mol. The first-order valence-corrected chi connectivity index (χ1v) is 9.12. The fraction of sp³-hybridized carbons (Fsp3) is 0.136. The van der Waals surface area contributed by atoms with Crippen LogP contribution in [0.5, 0.6) is 17.2 Å². The third-order valence-corrected chi connectivity index (χ3v) is 4.63. The summed E-state index contributed by atoms with van der Waals surface area (Å²) in [7, 11) is 0. The van der Waals surface area contributed by atoms with Crippen LogP contribution in [0.1, 0.15) is 16.7 Å². The highest BCUT2D eigenvalue weighted by atomic mass is 32.1. The van der Waals surface area contributed by atoms with Crippen molar-refractivity contribution >= 4 is 17.2 Å². The van der Waals surface area contributed by atoms with Crippen molar-refractivity contribution < 1.29 is 14.2 Å². The summed E-state index contributed by atoms with van der Waals surface area (Å²) in [4.78, 5) is 0.697. The first-order valence-electron chi connectivity index (χ1n) is 8.71. The van der Waals surface area contributed by atoms with Gasteiger partial charge in [0.05, 0.1) is 0 Å². The standard InChI is InChI=1S/C22H19NO3S/c27-22(23-13-17-6-11-20-21(12-17)26-15-25-20)18-7-9-19(10-8-18)24-14-16-4-2-1-3-5-16/h1-12H,13-15H2,(H,23,27). The summed E-state index contributed by atoms with van der Waals surface area (Å²) in [5.74, 6) is 2.38. The van der Waals surface area contributed by atoms with Crippen molar-refractivity contribution in [3.8, 4) is 17.2 Å². The summed E-state index contributed by atoms with van der Waals surface area (Å²) in [5, 5.41) is 3.28.